The monoisotopic (exact) mass is 169 g/mol. The molecule has 0 spiro atoms. The van der Waals surface area contributed by atoms with Gasteiger partial charge in [-0.3, -0.25) is 4.79 Å². The van der Waals surface area contributed by atoms with E-state index in [2.05, 4.69) is 12.2 Å². The Morgan fingerprint density at radius 3 is 2.92 bits per heavy atom. The van der Waals surface area contributed by atoms with Gasteiger partial charge in [-0.1, -0.05) is 6.92 Å². The van der Waals surface area contributed by atoms with E-state index >= 15 is 0 Å². The van der Waals surface area contributed by atoms with E-state index in [1.54, 1.807) is 0 Å². The lowest BCUT2D eigenvalue weighted by Gasteiger charge is -2.41. The number of carbonyl (C=O) groups is 1. The van der Waals surface area contributed by atoms with Crippen molar-refractivity contribution in [3.05, 3.63) is 0 Å². The Kier molecular flexibility index (Phi) is 1.65. The van der Waals surface area contributed by atoms with Crippen LogP contribution in [0.4, 0.5) is 0 Å². The molecule has 3 nitrogen and oxygen atoms in total. The molecule has 0 unspecified atom stereocenters. The topological polar surface area (TPSA) is 38.3 Å². The van der Waals surface area contributed by atoms with Crippen LogP contribution in [-0.4, -0.2) is 24.7 Å². The van der Waals surface area contributed by atoms with Gasteiger partial charge in [0.15, 0.2) is 0 Å². The molecular weight excluding hydrogens is 154 g/mol. The van der Waals surface area contributed by atoms with E-state index in [0.717, 1.165) is 13.0 Å². The maximum atomic E-state index is 11.5. The lowest BCUT2D eigenvalue weighted by Crippen LogP contribution is -2.57. The van der Waals surface area contributed by atoms with Gasteiger partial charge in [0.1, 0.15) is 5.54 Å². The van der Waals surface area contributed by atoms with Crippen molar-refractivity contribution in [2.75, 3.05) is 13.2 Å². The van der Waals surface area contributed by atoms with Gasteiger partial charge in [-0.2, -0.15) is 0 Å². The lowest BCUT2D eigenvalue weighted by molar-refractivity contribution is -0.157. The highest BCUT2D eigenvalue weighted by Gasteiger charge is 2.62. The van der Waals surface area contributed by atoms with Gasteiger partial charge in [-0.25, -0.2) is 0 Å². The Bertz CT molecular complexity index is 213. The van der Waals surface area contributed by atoms with Crippen LogP contribution in [0.3, 0.4) is 0 Å². The molecule has 0 aromatic rings. The maximum Gasteiger partial charge on any atom is 0.326 e. The van der Waals surface area contributed by atoms with Gasteiger partial charge < -0.3 is 10.1 Å². The van der Waals surface area contributed by atoms with E-state index in [-0.39, 0.29) is 11.5 Å². The van der Waals surface area contributed by atoms with Crippen LogP contribution in [0.1, 0.15) is 20.3 Å². The van der Waals surface area contributed by atoms with Crippen molar-refractivity contribution in [1.82, 2.24) is 5.32 Å². The van der Waals surface area contributed by atoms with Gasteiger partial charge in [-0.15, -0.1) is 0 Å². The molecule has 0 aromatic heterocycles. The number of esters is 1. The Morgan fingerprint density at radius 1 is 1.75 bits per heavy atom. The summed E-state index contributed by atoms with van der Waals surface area (Å²) in [5.41, 5.74) is -0.305. The first-order valence-corrected chi connectivity index (χ1v) is 4.63. The summed E-state index contributed by atoms with van der Waals surface area (Å²) in [4.78, 5) is 11.5. The number of nitrogens with one attached hydrogen (secondary N) is 1. The molecule has 0 amide bonds. The lowest BCUT2D eigenvalue weighted by atomic mass is 9.64. The minimum absolute atomic E-state index is 0.0498. The molecule has 1 saturated carbocycles. The Balaban J connectivity index is 2.07. The van der Waals surface area contributed by atoms with Gasteiger partial charge in [0.25, 0.3) is 0 Å². The van der Waals surface area contributed by atoms with Crippen molar-refractivity contribution in [2.24, 2.45) is 11.8 Å². The van der Waals surface area contributed by atoms with Crippen LogP contribution in [0, 0.1) is 11.8 Å². The van der Waals surface area contributed by atoms with Crippen LogP contribution in [0.25, 0.3) is 0 Å². The molecule has 2 aliphatic heterocycles. The summed E-state index contributed by atoms with van der Waals surface area (Å²) in [5, 5.41) is 3.27. The van der Waals surface area contributed by atoms with Gasteiger partial charge >= 0.3 is 5.97 Å². The van der Waals surface area contributed by atoms with Gasteiger partial charge in [0.2, 0.25) is 0 Å². The van der Waals surface area contributed by atoms with Crippen LogP contribution < -0.4 is 5.32 Å². The molecule has 2 bridgehead atoms. The summed E-state index contributed by atoms with van der Waals surface area (Å²) in [6, 6.07) is 0. The third kappa shape index (κ3) is 0.774. The second-order valence-corrected chi connectivity index (χ2v) is 3.83. The fourth-order valence-electron chi connectivity index (χ4n) is 2.41. The predicted octanol–water partition coefficient (Wildman–Crippen LogP) is 0.547. The van der Waals surface area contributed by atoms with E-state index in [0.29, 0.717) is 18.4 Å². The fourth-order valence-corrected chi connectivity index (χ4v) is 2.41. The average molecular weight is 169 g/mol. The third-order valence-corrected chi connectivity index (χ3v) is 3.39. The van der Waals surface area contributed by atoms with Crippen molar-refractivity contribution >= 4 is 5.97 Å². The molecule has 0 radical (unpaired) electrons. The zero-order valence-electron chi connectivity index (χ0n) is 7.59. The SMILES string of the molecule is CCOC(=O)[C@]12C[C@H](CN1)[C@@H]2C. The third-order valence-electron chi connectivity index (χ3n) is 3.39. The zero-order valence-corrected chi connectivity index (χ0v) is 7.59. The van der Waals surface area contributed by atoms with Crippen molar-refractivity contribution in [2.45, 2.75) is 25.8 Å². The molecule has 2 saturated heterocycles. The second-order valence-electron chi connectivity index (χ2n) is 3.83. The molecule has 3 fully saturated rings. The number of hydrogen-bond donors (Lipinski definition) is 1. The number of carbonyl (C=O) groups excluding carboxylic acids is 1. The standard InChI is InChI=1S/C9H15NO2/c1-3-12-8(11)9-4-7(5-10-9)6(9)2/h6-7,10H,3-5H2,1-2H3/t6-,7+,9+/m0/s1. The van der Waals surface area contributed by atoms with E-state index in [1.165, 1.54) is 0 Å². The summed E-state index contributed by atoms with van der Waals surface area (Å²) >= 11 is 0. The summed E-state index contributed by atoms with van der Waals surface area (Å²) < 4.78 is 5.04. The van der Waals surface area contributed by atoms with Gasteiger partial charge in [0.05, 0.1) is 6.61 Å². The molecule has 3 atom stereocenters. The molecule has 3 aliphatic rings. The van der Waals surface area contributed by atoms with Crippen LogP contribution in [0.5, 0.6) is 0 Å². The second kappa shape index (κ2) is 2.46. The van der Waals surface area contributed by atoms with Crippen LogP contribution in [0.2, 0.25) is 0 Å². The first-order chi connectivity index (χ1) is 5.70. The highest BCUT2D eigenvalue weighted by molar-refractivity contribution is 5.83. The summed E-state index contributed by atoms with van der Waals surface area (Å²) in [6.07, 6.45) is 0.979. The molecule has 3 heteroatoms. The first-order valence-electron chi connectivity index (χ1n) is 4.63. The van der Waals surface area contributed by atoms with Crippen molar-refractivity contribution in [1.29, 1.82) is 0 Å². The van der Waals surface area contributed by atoms with Crippen molar-refractivity contribution in [3.63, 3.8) is 0 Å². The van der Waals surface area contributed by atoms with Crippen molar-refractivity contribution in [3.8, 4) is 0 Å². The van der Waals surface area contributed by atoms with E-state index in [1.807, 2.05) is 6.92 Å². The smallest absolute Gasteiger partial charge is 0.326 e. The number of fused-ring (bicyclic) bond motifs is 1. The molecule has 2 heterocycles. The molecule has 1 aliphatic carbocycles. The van der Waals surface area contributed by atoms with Crippen LogP contribution in [0.15, 0.2) is 0 Å². The summed E-state index contributed by atoms with van der Waals surface area (Å²) in [7, 11) is 0. The van der Waals surface area contributed by atoms with Crippen LogP contribution >= 0.6 is 0 Å². The predicted molar refractivity (Wildman–Crippen MR) is 44.6 cm³/mol. The number of ether oxygens (including phenoxy) is 1. The largest absolute Gasteiger partial charge is 0.465 e. The van der Waals surface area contributed by atoms with Crippen LogP contribution in [-0.2, 0) is 9.53 Å². The highest BCUT2D eigenvalue weighted by Crippen LogP contribution is 2.49. The quantitative estimate of drug-likeness (QED) is 0.613. The fraction of sp³-hybridized carbons (Fsp3) is 0.889. The minimum Gasteiger partial charge on any atom is -0.465 e. The van der Waals surface area contributed by atoms with E-state index in [4.69, 9.17) is 4.74 Å². The Labute approximate surface area is 72.5 Å². The molecule has 12 heavy (non-hydrogen) atoms. The molecule has 0 aromatic carbocycles. The maximum absolute atomic E-state index is 11.5. The molecule has 3 rings (SSSR count). The first kappa shape index (κ1) is 8.05. The average Bonchev–Trinajstić information content (AvgIpc) is 2.60. The normalized spacial score (nSPS) is 43.8. The van der Waals surface area contributed by atoms with E-state index in [9.17, 15) is 4.79 Å². The molecule has 68 valence electrons. The summed E-state index contributed by atoms with van der Waals surface area (Å²) in [5.74, 6) is 1.12. The number of hydrogen-bond acceptors (Lipinski definition) is 3. The minimum atomic E-state index is -0.305. The van der Waals surface area contributed by atoms with E-state index < -0.39 is 0 Å². The van der Waals surface area contributed by atoms with Crippen molar-refractivity contribution < 1.29 is 9.53 Å². The highest BCUT2D eigenvalue weighted by atomic mass is 16.5. The molecular formula is C9H15NO2. The number of rotatable bonds is 2. The van der Waals surface area contributed by atoms with Gasteiger partial charge in [-0.05, 0) is 31.7 Å². The Hall–Kier alpha value is -0.570. The Morgan fingerprint density at radius 2 is 2.50 bits per heavy atom. The van der Waals surface area contributed by atoms with Gasteiger partial charge in [0, 0.05) is 0 Å². The molecule has 1 N–H and O–H groups in total. The summed E-state index contributed by atoms with van der Waals surface area (Å²) in [6.45, 7) is 5.45. The zero-order chi connectivity index (χ0) is 8.77.